The number of Topliss-reactive ketones (excluding diaryl/α,β-unsaturated/α-hetero) is 1. The summed E-state index contributed by atoms with van der Waals surface area (Å²) in [7, 11) is 0. The number of carboxylic acid groups (broad SMARTS) is 1. The number of thiazole rings is 1. The van der Waals surface area contributed by atoms with E-state index in [0.717, 1.165) is 28.0 Å². The number of carboxylic acids is 1. The molecule has 222 valence electrons. The molecule has 41 heavy (non-hydrogen) atoms. The Morgan fingerprint density at radius 2 is 1.93 bits per heavy atom. The van der Waals surface area contributed by atoms with E-state index in [0.29, 0.717) is 0 Å². The summed E-state index contributed by atoms with van der Waals surface area (Å²) in [6, 6.07) is -1.17. The Labute approximate surface area is 246 Å². The molecule has 1 aromatic heterocycles. The number of nitrogens with two attached hydrogens (primary N) is 1. The Bertz CT molecular complexity index is 1350. The van der Waals surface area contributed by atoms with Crippen LogP contribution in [0.1, 0.15) is 39.8 Å². The molecule has 0 aliphatic carbocycles. The lowest BCUT2D eigenvalue weighted by atomic mass is 10.0. The number of nitrogens with one attached hydrogen (secondary N) is 1. The zero-order valence-electron chi connectivity index (χ0n) is 22.2. The van der Waals surface area contributed by atoms with E-state index < -0.39 is 77.9 Å². The molecule has 0 radical (unpaired) electrons. The van der Waals surface area contributed by atoms with Crippen molar-refractivity contribution < 1.29 is 48.2 Å². The van der Waals surface area contributed by atoms with Gasteiger partial charge in [-0.25, -0.2) is 14.6 Å². The molecule has 2 amide bonds. The summed E-state index contributed by atoms with van der Waals surface area (Å²) in [6.07, 6.45) is -0.470. The van der Waals surface area contributed by atoms with Crippen LogP contribution in [0, 0.1) is 0 Å². The number of halogens is 1. The average Bonchev–Trinajstić information content (AvgIpc) is 3.18. The molecule has 0 saturated carbocycles. The number of hydrogen-bond acceptors (Lipinski definition) is 14. The van der Waals surface area contributed by atoms with Crippen LogP contribution in [-0.4, -0.2) is 92.2 Å². The maximum Gasteiger partial charge on any atom is 0.352 e. The fourth-order valence-electron chi connectivity index (χ4n) is 3.60. The maximum absolute atomic E-state index is 13.2. The molecule has 2 aliphatic rings. The van der Waals surface area contributed by atoms with Gasteiger partial charge in [-0.05, 0) is 27.7 Å². The Morgan fingerprint density at radius 3 is 2.49 bits per heavy atom. The third-order valence-electron chi connectivity index (χ3n) is 5.14. The molecule has 0 spiro atoms. The van der Waals surface area contributed by atoms with Crippen molar-refractivity contribution in [2.75, 3.05) is 24.7 Å². The van der Waals surface area contributed by atoms with Crippen LogP contribution in [0.5, 0.6) is 0 Å². The molecule has 0 bridgehead atoms. The number of aliphatic carboxylic acids is 1. The number of aromatic nitrogens is 1. The number of oxime groups is 1. The first-order valence-electron chi connectivity index (χ1n) is 11.8. The molecule has 0 aromatic carbocycles. The molecule has 2 atom stereocenters. The fraction of sp³-hybridized carbons (Fsp3) is 0.478. The minimum Gasteiger partial charge on any atom is -0.477 e. The van der Waals surface area contributed by atoms with E-state index in [-0.39, 0.29) is 32.2 Å². The second-order valence-corrected chi connectivity index (χ2v) is 12.4. The molecule has 2 aliphatic heterocycles. The molecule has 18 heteroatoms. The summed E-state index contributed by atoms with van der Waals surface area (Å²) in [5.74, 6) is -5.09. The number of carbonyl (C=O) groups is 6. The normalized spacial score (nSPS) is 18.7. The summed E-state index contributed by atoms with van der Waals surface area (Å²) in [5, 5.41) is 15.1. The molecule has 1 fully saturated rings. The quantitative estimate of drug-likeness (QED) is 0.101. The van der Waals surface area contributed by atoms with E-state index in [1.54, 1.807) is 20.8 Å². The SMILES string of the molecule is CC(=O)CC(=O)OCC1=C(C(=O)O)N2C(=O)[C@@H](NC(=O)C(=NOCC(=O)OC(C)(C)C)c3nc(N)sc3Cl)[C@@H]2SC1. The topological polar surface area (TPSA) is 217 Å². The number of carbonyl (C=O) groups excluding carboxylic acids is 5. The van der Waals surface area contributed by atoms with Gasteiger partial charge in [-0.1, -0.05) is 28.1 Å². The molecule has 1 saturated heterocycles. The summed E-state index contributed by atoms with van der Waals surface area (Å²) >= 11 is 8.12. The Kier molecular flexibility index (Phi) is 9.98. The highest BCUT2D eigenvalue weighted by Gasteiger charge is 2.54. The van der Waals surface area contributed by atoms with E-state index >= 15 is 0 Å². The zero-order chi connectivity index (χ0) is 30.6. The van der Waals surface area contributed by atoms with Crippen LogP contribution in [-0.2, 0) is 43.1 Å². The van der Waals surface area contributed by atoms with Gasteiger partial charge in [0.1, 0.15) is 51.6 Å². The molecule has 4 N–H and O–H groups in total. The monoisotopic (exact) mass is 631 g/mol. The number of β-lactam (4-membered cyclic amide) rings is 1. The molecule has 1 aromatic rings. The van der Waals surface area contributed by atoms with Crippen LogP contribution in [0.15, 0.2) is 16.4 Å². The zero-order valence-corrected chi connectivity index (χ0v) is 24.6. The van der Waals surface area contributed by atoms with Crippen LogP contribution < -0.4 is 11.1 Å². The fourth-order valence-corrected chi connectivity index (χ4v) is 5.86. The Balaban J connectivity index is 1.76. The standard InChI is InChI=1S/C23H26ClN5O10S2/c1-9(30)5-11(31)37-6-10-8-40-20-15(19(34)29(20)16(10)21(35)36)26-18(33)14(13-17(24)41-22(25)27-13)28-38-7-12(32)39-23(2,3)4/h15,20H,5-8H2,1-4H3,(H2,25,27)(H,26,33)(H,35,36)/t15-,20+/m1/s1. The summed E-state index contributed by atoms with van der Waals surface area (Å²) < 4.78 is 10.1. The summed E-state index contributed by atoms with van der Waals surface area (Å²) in [4.78, 5) is 83.0. The highest BCUT2D eigenvalue weighted by molar-refractivity contribution is 8.00. The van der Waals surface area contributed by atoms with E-state index in [2.05, 4.69) is 15.5 Å². The van der Waals surface area contributed by atoms with Gasteiger partial charge >= 0.3 is 17.9 Å². The molecular weight excluding hydrogens is 606 g/mol. The van der Waals surface area contributed by atoms with Crippen LogP contribution in [0.25, 0.3) is 0 Å². The van der Waals surface area contributed by atoms with Gasteiger partial charge in [0.05, 0.1) is 0 Å². The number of amides is 2. The van der Waals surface area contributed by atoms with Gasteiger partial charge in [-0.2, -0.15) is 0 Å². The third kappa shape index (κ3) is 7.95. The number of fused-ring (bicyclic) bond motifs is 1. The maximum atomic E-state index is 13.2. The predicted octanol–water partition coefficient (Wildman–Crippen LogP) is 0.702. The van der Waals surface area contributed by atoms with Gasteiger partial charge in [-0.15, -0.1) is 11.8 Å². The number of nitrogens with zero attached hydrogens (tertiary/aromatic N) is 3. The molecule has 0 unspecified atom stereocenters. The molecule has 15 nitrogen and oxygen atoms in total. The highest BCUT2D eigenvalue weighted by Crippen LogP contribution is 2.40. The number of esters is 2. The largest absolute Gasteiger partial charge is 0.477 e. The van der Waals surface area contributed by atoms with Crippen molar-refractivity contribution >= 4 is 81.0 Å². The highest BCUT2D eigenvalue weighted by atomic mass is 35.5. The van der Waals surface area contributed by atoms with Crippen LogP contribution in [0.4, 0.5) is 5.13 Å². The lowest BCUT2D eigenvalue weighted by Gasteiger charge is -2.49. The van der Waals surface area contributed by atoms with Gasteiger partial charge < -0.3 is 30.5 Å². The smallest absolute Gasteiger partial charge is 0.352 e. The Hall–Kier alpha value is -3.70. The molecule has 3 heterocycles. The van der Waals surface area contributed by atoms with Crippen molar-refractivity contribution in [3.05, 3.63) is 21.3 Å². The lowest BCUT2D eigenvalue weighted by Crippen LogP contribution is -2.71. The average molecular weight is 632 g/mol. The number of nitrogen functional groups attached to an aromatic ring is 1. The second kappa shape index (κ2) is 12.9. The van der Waals surface area contributed by atoms with Crippen molar-refractivity contribution in [2.45, 2.75) is 51.1 Å². The lowest BCUT2D eigenvalue weighted by molar-refractivity contribution is -0.160. The first-order chi connectivity index (χ1) is 19.1. The second-order valence-electron chi connectivity index (χ2n) is 9.63. The molecule has 3 rings (SSSR count). The summed E-state index contributed by atoms with van der Waals surface area (Å²) in [5.41, 5.74) is 4.02. The number of rotatable bonds is 11. The number of hydrogen-bond donors (Lipinski definition) is 3. The van der Waals surface area contributed by atoms with Gasteiger partial charge in [0.25, 0.3) is 11.8 Å². The summed E-state index contributed by atoms with van der Waals surface area (Å²) in [6.45, 7) is 5.10. The van der Waals surface area contributed by atoms with Crippen molar-refractivity contribution in [3.8, 4) is 0 Å². The van der Waals surface area contributed by atoms with Gasteiger partial charge in [0.2, 0.25) is 6.61 Å². The number of anilines is 1. The van der Waals surface area contributed by atoms with Crippen LogP contribution >= 0.6 is 34.7 Å². The van der Waals surface area contributed by atoms with Gasteiger partial charge in [-0.3, -0.25) is 24.1 Å². The van der Waals surface area contributed by atoms with Crippen molar-refractivity contribution in [2.24, 2.45) is 5.16 Å². The van der Waals surface area contributed by atoms with Crippen LogP contribution in [0.3, 0.4) is 0 Å². The Morgan fingerprint density at radius 1 is 1.24 bits per heavy atom. The number of ether oxygens (including phenoxy) is 2. The predicted molar refractivity (Wildman–Crippen MR) is 146 cm³/mol. The minimum atomic E-state index is -1.44. The number of ketones is 1. The van der Waals surface area contributed by atoms with E-state index in [4.69, 9.17) is 31.6 Å². The molecular formula is C23H26ClN5O10S2. The van der Waals surface area contributed by atoms with Gasteiger partial charge in [0, 0.05) is 11.3 Å². The van der Waals surface area contributed by atoms with Crippen molar-refractivity contribution in [1.82, 2.24) is 15.2 Å². The van der Waals surface area contributed by atoms with Crippen LogP contribution in [0.2, 0.25) is 4.34 Å². The third-order valence-corrected chi connectivity index (χ3v) is 7.56. The van der Waals surface area contributed by atoms with Crippen molar-refractivity contribution in [3.63, 3.8) is 0 Å². The van der Waals surface area contributed by atoms with Crippen molar-refractivity contribution in [1.29, 1.82) is 0 Å². The minimum absolute atomic E-state index is 0.00840. The first kappa shape index (κ1) is 31.8. The van der Waals surface area contributed by atoms with E-state index in [9.17, 15) is 33.9 Å². The van der Waals surface area contributed by atoms with E-state index in [1.807, 2.05) is 0 Å². The van der Waals surface area contributed by atoms with E-state index in [1.165, 1.54) is 6.92 Å². The first-order valence-corrected chi connectivity index (χ1v) is 14.0. The van der Waals surface area contributed by atoms with Gasteiger partial charge in [0.15, 0.2) is 10.8 Å². The number of thioether (sulfide) groups is 1.